The van der Waals surface area contributed by atoms with Crippen molar-refractivity contribution in [3.8, 4) is 5.75 Å². The molecule has 0 bridgehead atoms. The topological polar surface area (TPSA) is 18.5 Å². The zero-order chi connectivity index (χ0) is 19.6. The molecule has 2 aliphatic carbocycles. The van der Waals surface area contributed by atoms with Gasteiger partial charge in [-0.1, -0.05) is 44.6 Å². The molecule has 1 aromatic carbocycles. The fourth-order valence-corrected chi connectivity index (χ4v) is 6.85. The molecule has 28 heavy (non-hydrogen) atoms. The number of halogens is 3. The third kappa shape index (κ3) is 4.86. The van der Waals surface area contributed by atoms with Crippen LogP contribution in [0.3, 0.4) is 0 Å². The van der Waals surface area contributed by atoms with Gasteiger partial charge in [0.25, 0.3) is 0 Å². The van der Waals surface area contributed by atoms with Crippen molar-refractivity contribution in [3.63, 3.8) is 0 Å². The summed E-state index contributed by atoms with van der Waals surface area (Å²) in [4.78, 5) is 0. The molecule has 1 heterocycles. The SMILES string of the molecule is Cl[Si](Cl)(Cl)CCc1ccc2c(c1)COC(C1CCCCC1)(C1CCCCC1)O2. The van der Waals surface area contributed by atoms with Crippen molar-refractivity contribution in [2.24, 2.45) is 11.8 Å². The Kier molecular flexibility index (Phi) is 6.89. The van der Waals surface area contributed by atoms with Crippen LogP contribution in [0.25, 0.3) is 0 Å². The van der Waals surface area contributed by atoms with E-state index in [4.69, 9.17) is 42.7 Å². The van der Waals surface area contributed by atoms with Crippen molar-refractivity contribution >= 4 is 39.2 Å². The molecule has 0 spiro atoms. The number of hydrogen-bond donors (Lipinski definition) is 0. The van der Waals surface area contributed by atoms with E-state index in [9.17, 15) is 0 Å². The van der Waals surface area contributed by atoms with Crippen LogP contribution < -0.4 is 4.74 Å². The van der Waals surface area contributed by atoms with Gasteiger partial charge in [0, 0.05) is 17.4 Å². The highest BCUT2D eigenvalue weighted by atomic mass is 35.8. The Morgan fingerprint density at radius 1 is 0.893 bits per heavy atom. The molecule has 1 aliphatic heterocycles. The van der Waals surface area contributed by atoms with E-state index in [-0.39, 0.29) is 0 Å². The molecule has 0 unspecified atom stereocenters. The summed E-state index contributed by atoms with van der Waals surface area (Å²) < 4.78 is 13.5. The van der Waals surface area contributed by atoms with E-state index in [0.717, 1.165) is 17.7 Å². The van der Waals surface area contributed by atoms with Crippen molar-refractivity contribution in [1.29, 1.82) is 0 Å². The van der Waals surface area contributed by atoms with Crippen LogP contribution in [0.4, 0.5) is 0 Å². The van der Waals surface area contributed by atoms with E-state index in [1.807, 2.05) is 0 Å². The predicted molar refractivity (Wildman–Crippen MR) is 120 cm³/mol. The van der Waals surface area contributed by atoms with Crippen molar-refractivity contribution in [2.75, 3.05) is 0 Å². The van der Waals surface area contributed by atoms with Gasteiger partial charge in [-0.2, -0.15) is 0 Å². The van der Waals surface area contributed by atoms with Crippen LogP contribution in [0.1, 0.15) is 75.3 Å². The third-order valence-electron chi connectivity index (χ3n) is 6.89. The number of benzene rings is 1. The highest BCUT2D eigenvalue weighted by Crippen LogP contribution is 2.49. The van der Waals surface area contributed by atoms with E-state index >= 15 is 0 Å². The maximum Gasteiger partial charge on any atom is 0.341 e. The number of fused-ring (bicyclic) bond motifs is 1. The molecule has 0 radical (unpaired) electrons. The van der Waals surface area contributed by atoms with Crippen molar-refractivity contribution in [1.82, 2.24) is 0 Å². The average Bonchev–Trinajstić information content (AvgIpc) is 2.72. The Morgan fingerprint density at radius 2 is 1.50 bits per heavy atom. The van der Waals surface area contributed by atoms with Gasteiger partial charge >= 0.3 is 6.00 Å². The molecular weight excluding hydrogens is 431 g/mol. The summed E-state index contributed by atoms with van der Waals surface area (Å²) in [7, 11) is 0. The summed E-state index contributed by atoms with van der Waals surface area (Å²) >= 11 is 18.2. The first-order chi connectivity index (χ1) is 13.5. The number of aryl methyl sites for hydroxylation is 1. The fourth-order valence-electron chi connectivity index (χ4n) is 5.42. The predicted octanol–water partition coefficient (Wildman–Crippen LogP) is 7.65. The number of ether oxygens (including phenoxy) is 2. The molecule has 3 aliphatic rings. The standard InChI is InChI=1S/C22H31Cl3O2Si/c23-28(24,25)14-13-17-11-12-21-18(15-17)16-26-22(27-21,19-7-3-1-4-8-19)20-9-5-2-6-10-20/h11-12,15,19-20H,1-10,13-14,16H2. The minimum Gasteiger partial charge on any atom is -0.461 e. The van der Waals surface area contributed by atoms with Gasteiger partial charge in [0.05, 0.1) is 6.61 Å². The van der Waals surface area contributed by atoms with Crippen molar-refractivity contribution < 1.29 is 9.47 Å². The first kappa shape index (κ1) is 21.3. The van der Waals surface area contributed by atoms with Gasteiger partial charge < -0.3 is 9.47 Å². The molecule has 2 saturated carbocycles. The molecule has 0 N–H and O–H groups in total. The van der Waals surface area contributed by atoms with Gasteiger partial charge in [0.15, 0.2) is 0 Å². The minimum absolute atomic E-state index is 0.417. The second-order valence-corrected chi connectivity index (χ2v) is 18.1. The van der Waals surface area contributed by atoms with Gasteiger partial charge in [-0.05, 0) is 55.8 Å². The lowest BCUT2D eigenvalue weighted by molar-refractivity contribution is -0.278. The van der Waals surface area contributed by atoms with Gasteiger partial charge in [0.2, 0.25) is 5.79 Å². The van der Waals surface area contributed by atoms with Crippen molar-refractivity contribution in [3.05, 3.63) is 29.3 Å². The monoisotopic (exact) mass is 460 g/mol. The second-order valence-electron chi connectivity index (χ2n) is 8.84. The molecular formula is C22H31Cl3O2Si. The van der Waals surface area contributed by atoms with Crippen LogP contribution in [0.2, 0.25) is 6.04 Å². The van der Waals surface area contributed by atoms with E-state index < -0.39 is 11.8 Å². The van der Waals surface area contributed by atoms with E-state index in [1.54, 1.807) is 0 Å². The number of rotatable bonds is 5. The maximum atomic E-state index is 6.81. The second kappa shape index (κ2) is 9.06. The lowest BCUT2D eigenvalue weighted by atomic mass is 9.72. The summed E-state index contributed by atoms with van der Waals surface area (Å²) in [6, 6.07) is 4.51. The maximum absolute atomic E-state index is 6.81. The fraction of sp³-hybridized carbons (Fsp3) is 0.727. The van der Waals surface area contributed by atoms with E-state index in [2.05, 4.69) is 18.2 Å². The highest BCUT2D eigenvalue weighted by molar-refractivity contribution is 7.64. The molecule has 2 fully saturated rings. The summed E-state index contributed by atoms with van der Waals surface area (Å²) in [6.07, 6.45) is 13.7. The molecule has 156 valence electrons. The summed E-state index contributed by atoms with van der Waals surface area (Å²) in [5.41, 5.74) is 2.35. The summed E-state index contributed by atoms with van der Waals surface area (Å²) in [6.45, 7) is 0.640. The molecule has 0 saturated heterocycles. The van der Waals surface area contributed by atoms with Crippen molar-refractivity contribution in [2.45, 2.75) is 89.1 Å². The Morgan fingerprint density at radius 3 is 2.07 bits per heavy atom. The van der Waals surface area contributed by atoms with Crippen LogP contribution in [0.5, 0.6) is 5.75 Å². The van der Waals surface area contributed by atoms with Gasteiger partial charge in [-0.3, -0.25) is 0 Å². The highest BCUT2D eigenvalue weighted by Gasteiger charge is 2.51. The zero-order valence-corrected chi connectivity index (χ0v) is 19.8. The van der Waals surface area contributed by atoms with Gasteiger partial charge in [-0.15, -0.1) is 33.2 Å². The molecule has 0 amide bonds. The molecule has 2 nitrogen and oxygen atoms in total. The van der Waals surface area contributed by atoms with Gasteiger partial charge in [-0.25, -0.2) is 0 Å². The van der Waals surface area contributed by atoms with Crippen LogP contribution in [0, 0.1) is 11.8 Å². The van der Waals surface area contributed by atoms with Crippen LogP contribution in [-0.2, 0) is 17.8 Å². The summed E-state index contributed by atoms with van der Waals surface area (Å²) in [5, 5.41) is 0. The largest absolute Gasteiger partial charge is 0.461 e. The zero-order valence-electron chi connectivity index (χ0n) is 16.5. The lowest BCUT2D eigenvalue weighted by Crippen LogP contribution is -2.55. The Balaban J connectivity index is 1.55. The van der Waals surface area contributed by atoms with Crippen LogP contribution in [0.15, 0.2) is 18.2 Å². The molecule has 6 heteroatoms. The average molecular weight is 462 g/mol. The lowest BCUT2D eigenvalue weighted by Gasteiger charge is -2.50. The quantitative estimate of drug-likeness (QED) is 0.331. The Labute approximate surface area is 184 Å². The minimum atomic E-state index is -2.59. The molecule has 1 aromatic rings. The Bertz CT molecular complexity index is 646. The first-order valence-electron chi connectivity index (χ1n) is 11.0. The normalized spacial score (nSPS) is 23.8. The summed E-state index contributed by atoms with van der Waals surface area (Å²) in [5.74, 6) is 1.64. The molecule has 0 aromatic heterocycles. The smallest absolute Gasteiger partial charge is 0.341 e. The third-order valence-corrected chi connectivity index (χ3v) is 9.41. The van der Waals surface area contributed by atoms with E-state index in [0.29, 0.717) is 24.5 Å². The number of hydrogen-bond acceptors (Lipinski definition) is 2. The van der Waals surface area contributed by atoms with E-state index in [1.165, 1.54) is 69.8 Å². The first-order valence-corrected chi connectivity index (χ1v) is 16.2. The van der Waals surface area contributed by atoms with Crippen LogP contribution >= 0.6 is 33.2 Å². The van der Waals surface area contributed by atoms with Crippen LogP contribution in [-0.4, -0.2) is 11.8 Å². The Hall–Kier alpha value is 0.0669. The molecule has 0 atom stereocenters. The van der Waals surface area contributed by atoms with Gasteiger partial charge in [0.1, 0.15) is 5.75 Å². The molecule has 4 rings (SSSR count).